The van der Waals surface area contributed by atoms with Gasteiger partial charge in [-0.05, 0) is 37.0 Å². The van der Waals surface area contributed by atoms with Gasteiger partial charge in [-0.2, -0.15) is 0 Å². The maximum atomic E-state index is 11.4. The number of rotatable bonds is 5. The van der Waals surface area contributed by atoms with E-state index < -0.39 is 0 Å². The van der Waals surface area contributed by atoms with Gasteiger partial charge in [0, 0.05) is 0 Å². The highest BCUT2D eigenvalue weighted by molar-refractivity contribution is 5.90. The summed E-state index contributed by atoms with van der Waals surface area (Å²) < 4.78 is 15.6. The standard InChI is InChI=1S/C14H18O4/c1-16-13-8-11(14(15)17-2)6-7-12(13)18-9-10-4-3-5-10/h6-8,10H,3-5,9H2,1-2H3. The Labute approximate surface area is 107 Å². The highest BCUT2D eigenvalue weighted by Crippen LogP contribution is 2.31. The van der Waals surface area contributed by atoms with Crippen LogP contribution in [0.15, 0.2) is 18.2 Å². The average Bonchev–Trinajstić information content (AvgIpc) is 2.36. The molecule has 1 aromatic rings. The van der Waals surface area contributed by atoms with Gasteiger partial charge >= 0.3 is 5.97 Å². The molecule has 1 saturated carbocycles. The van der Waals surface area contributed by atoms with Gasteiger partial charge in [-0.15, -0.1) is 0 Å². The Morgan fingerprint density at radius 2 is 2.06 bits per heavy atom. The van der Waals surface area contributed by atoms with Crippen molar-refractivity contribution in [2.75, 3.05) is 20.8 Å². The molecule has 1 aliphatic rings. The van der Waals surface area contributed by atoms with Crippen LogP contribution in [0, 0.1) is 5.92 Å². The van der Waals surface area contributed by atoms with Crippen molar-refractivity contribution < 1.29 is 19.0 Å². The Morgan fingerprint density at radius 3 is 2.61 bits per heavy atom. The van der Waals surface area contributed by atoms with Crippen LogP contribution in [-0.4, -0.2) is 26.8 Å². The lowest BCUT2D eigenvalue weighted by atomic mass is 9.86. The van der Waals surface area contributed by atoms with Crippen LogP contribution in [0.1, 0.15) is 29.6 Å². The highest BCUT2D eigenvalue weighted by Gasteiger charge is 2.19. The van der Waals surface area contributed by atoms with E-state index >= 15 is 0 Å². The summed E-state index contributed by atoms with van der Waals surface area (Å²) >= 11 is 0. The van der Waals surface area contributed by atoms with Crippen molar-refractivity contribution in [2.45, 2.75) is 19.3 Å². The lowest BCUT2D eigenvalue weighted by molar-refractivity contribution is 0.0600. The number of carbonyl (C=O) groups is 1. The molecule has 4 nitrogen and oxygen atoms in total. The van der Waals surface area contributed by atoms with Crippen molar-refractivity contribution in [3.05, 3.63) is 23.8 Å². The molecule has 2 rings (SSSR count). The van der Waals surface area contributed by atoms with Crippen LogP contribution in [0.5, 0.6) is 11.5 Å². The molecule has 0 spiro atoms. The molecule has 0 amide bonds. The molecule has 0 aromatic heterocycles. The van der Waals surface area contributed by atoms with E-state index in [0.717, 1.165) is 0 Å². The molecule has 0 bridgehead atoms. The topological polar surface area (TPSA) is 44.8 Å². The van der Waals surface area contributed by atoms with Gasteiger partial charge in [-0.25, -0.2) is 4.79 Å². The van der Waals surface area contributed by atoms with Crippen LogP contribution in [0.25, 0.3) is 0 Å². The smallest absolute Gasteiger partial charge is 0.337 e. The minimum absolute atomic E-state index is 0.376. The molecule has 0 saturated heterocycles. The molecule has 1 aromatic carbocycles. The Morgan fingerprint density at radius 1 is 1.28 bits per heavy atom. The number of hydrogen-bond acceptors (Lipinski definition) is 4. The summed E-state index contributed by atoms with van der Waals surface area (Å²) in [5.41, 5.74) is 0.463. The van der Waals surface area contributed by atoms with E-state index in [1.54, 1.807) is 25.3 Å². The third kappa shape index (κ3) is 2.75. The summed E-state index contributed by atoms with van der Waals surface area (Å²) in [6, 6.07) is 5.08. The van der Waals surface area contributed by atoms with Gasteiger partial charge in [-0.3, -0.25) is 0 Å². The lowest BCUT2D eigenvalue weighted by Gasteiger charge is -2.25. The second-order valence-corrected chi connectivity index (χ2v) is 4.47. The van der Waals surface area contributed by atoms with Gasteiger partial charge in [-0.1, -0.05) is 6.42 Å². The minimum Gasteiger partial charge on any atom is -0.493 e. The second kappa shape index (κ2) is 5.76. The molecule has 0 N–H and O–H groups in total. The van der Waals surface area contributed by atoms with Gasteiger partial charge in [0.05, 0.1) is 26.4 Å². The zero-order chi connectivity index (χ0) is 13.0. The van der Waals surface area contributed by atoms with Crippen molar-refractivity contribution in [2.24, 2.45) is 5.92 Å². The monoisotopic (exact) mass is 250 g/mol. The van der Waals surface area contributed by atoms with Crippen molar-refractivity contribution in [1.82, 2.24) is 0 Å². The third-order valence-electron chi connectivity index (χ3n) is 3.28. The van der Waals surface area contributed by atoms with E-state index in [1.165, 1.54) is 26.4 Å². The van der Waals surface area contributed by atoms with Crippen LogP contribution in [0.2, 0.25) is 0 Å². The number of benzene rings is 1. The van der Waals surface area contributed by atoms with E-state index in [2.05, 4.69) is 4.74 Å². The Balaban J connectivity index is 2.06. The van der Waals surface area contributed by atoms with Crippen molar-refractivity contribution in [3.8, 4) is 11.5 Å². The Hall–Kier alpha value is -1.71. The number of esters is 1. The van der Waals surface area contributed by atoms with Crippen molar-refractivity contribution in [1.29, 1.82) is 0 Å². The first-order chi connectivity index (χ1) is 8.74. The average molecular weight is 250 g/mol. The molecule has 0 unspecified atom stereocenters. The predicted octanol–water partition coefficient (Wildman–Crippen LogP) is 2.66. The summed E-state index contributed by atoms with van der Waals surface area (Å²) in [4.78, 5) is 11.4. The fourth-order valence-corrected chi connectivity index (χ4v) is 1.90. The quantitative estimate of drug-likeness (QED) is 0.754. The first kappa shape index (κ1) is 12.7. The zero-order valence-corrected chi connectivity index (χ0v) is 10.8. The van der Waals surface area contributed by atoms with E-state index in [4.69, 9.17) is 9.47 Å². The van der Waals surface area contributed by atoms with Crippen LogP contribution in [0.3, 0.4) is 0 Å². The van der Waals surface area contributed by atoms with Crippen molar-refractivity contribution >= 4 is 5.97 Å². The SMILES string of the molecule is COC(=O)c1ccc(OCC2CCC2)c(OC)c1. The molecule has 0 atom stereocenters. The number of ether oxygens (including phenoxy) is 3. The number of carbonyl (C=O) groups excluding carboxylic acids is 1. The normalized spacial score (nSPS) is 14.8. The summed E-state index contributed by atoms with van der Waals surface area (Å²) in [6.45, 7) is 0.716. The number of methoxy groups -OCH3 is 2. The summed E-state index contributed by atoms with van der Waals surface area (Å²) in [7, 11) is 2.92. The van der Waals surface area contributed by atoms with E-state index in [1.807, 2.05) is 0 Å². The molecule has 1 aliphatic carbocycles. The van der Waals surface area contributed by atoms with E-state index in [-0.39, 0.29) is 5.97 Å². The fourth-order valence-electron chi connectivity index (χ4n) is 1.90. The van der Waals surface area contributed by atoms with Crippen LogP contribution in [0.4, 0.5) is 0 Å². The molecule has 4 heteroatoms. The first-order valence-corrected chi connectivity index (χ1v) is 6.13. The van der Waals surface area contributed by atoms with Crippen molar-refractivity contribution in [3.63, 3.8) is 0 Å². The maximum Gasteiger partial charge on any atom is 0.337 e. The molecular weight excluding hydrogens is 232 g/mol. The van der Waals surface area contributed by atoms with Crippen LogP contribution >= 0.6 is 0 Å². The molecular formula is C14H18O4. The van der Waals surface area contributed by atoms with Gasteiger partial charge in [0.2, 0.25) is 0 Å². The Kier molecular flexibility index (Phi) is 4.07. The molecule has 1 fully saturated rings. The second-order valence-electron chi connectivity index (χ2n) is 4.47. The van der Waals surface area contributed by atoms with Gasteiger partial charge in [0.15, 0.2) is 11.5 Å². The highest BCUT2D eigenvalue weighted by atomic mass is 16.5. The van der Waals surface area contributed by atoms with Gasteiger partial charge < -0.3 is 14.2 Å². The summed E-state index contributed by atoms with van der Waals surface area (Å²) in [5.74, 6) is 1.53. The predicted molar refractivity (Wildman–Crippen MR) is 67.2 cm³/mol. The van der Waals surface area contributed by atoms with Gasteiger partial charge in [0.25, 0.3) is 0 Å². The first-order valence-electron chi connectivity index (χ1n) is 6.13. The fraction of sp³-hybridized carbons (Fsp3) is 0.500. The van der Waals surface area contributed by atoms with Crippen LogP contribution < -0.4 is 9.47 Å². The molecule has 0 radical (unpaired) electrons. The summed E-state index contributed by atoms with van der Waals surface area (Å²) in [5, 5.41) is 0. The minimum atomic E-state index is -0.376. The molecule has 0 heterocycles. The molecule has 18 heavy (non-hydrogen) atoms. The Bertz CT molecular complexity index is 424. The third-order valence-corrected chi connectivity index (χ3v) is 3.28. The number of hydrogen-bond donors (Lipinski definition) is 0. The van der Waals surface area contributed by atoms with Gasteiger partial charge in [0.1, 0.15) is 0 Å². The summed E-state index contributed by atoms with van der Waals surface area (Å²) in [6.07, 6.45) is 3.78. The zero-order valence-electron chi connectivity index (χ0n) is 10.8. The largest absolute Gasteiger partial charge is 0.493 e. The van der Waals surface area contributed by atoms with E-state index in [0.29, 0.717) is 29.6 Å². The van der Waals surface area contributed by atoms with Crippen LogP contribution in [-0.2, 0) is 4.74 Å². The maximum absolute atomic E-state index is 11.4. The molecule has 98 valence electrons. The lowest BCUT2D eigenvalue weighted by Crippen LogP contribution is -2.19. The van der Waals surface area contributed by atoms with E-state index in [9.17, 15) is 4.79 Å². The molecule has 0 aliphatic heterocycles.